The van der Waals surface area contributed by atoms with Gasteiger partial charge in [0, 0.05) is 18.4 Å². The molecule has 0 aliphatic heterocycles. The van der Waals surface area contributed by atoms with E-state index in [1.807, 2.05) is 11.3 Å². The van der Waals surface area contributed by atoms with Crippen LogP contribution in [0.4, 0.5) is 0 Å². The number of aryl methyl sites for hydroxylation is 1. The molecule has 0 saturated carbocycles. The summed E-state index contributed by atoms with van der Waals surface area (Å²) in [7, 11) is 0. The first kappa shape index (κ1) is 10.1. The van der Waals surface area contributed by atoms with Crippen molar-refractivity contribution in [2.24, 2.45) is 5.73 Å². The number of aromatic nitrogens is 3. The molecule has 0 amide bonds. The molecule has 0 bridgehead atoms. The van der Waals surface area contributed by atoms with Crippen molar-refractivity contribution in [3.63, 3.8) is 0 Å². The molecule has 15 heavy (non-hydrogen) atoms. The van der Waals surface area contributed by atoms with Gasteiger partial charge >= 0.3 is 0 Å². The second kappa shape index (κ2) is 3.60. The van der Waals surface area contributed by atoms with E-state index in [0.29, 0.717) is 0 Å². The summed E-state index contributed by atoms with van der Waals surface area (Å²) in [4.78, 5) is 8.28. The van der Waals surface area contributed by atoms with E-state index in [4.69, 9.17) is 5.73 Å². The second-order valence-electron chi connectivity index (χ2n) is 3.69. The number of fused-ring (bicyclic) bond motifs is 1. The predicted molar refractivity (Wildman–Crippen MR) is 56.3 cm³/mol. The lowest BCUT2D eigenvalue weighted by Gasteiger charge is -2.14. The molecular formula is C10H14N4O. The Labute approximate surface area is 87.6 Å². The first-order valence-electron chi connectivity index (χ1n) is 4.83. The Kier molecular flexibility index (Phi) is 2.42. The summed E-state index contributed by atoms with van der Waals surface area (Å²) in [6, 6.07) is -0.322. The Bertz CT molecular complexity index is 477. The number of aliphatic hydroxyl groups excluding tert-OH is 1. The molecule has 5 heteroatoms. The van der Waals surface area contributed by atoms with Crippen molar-refractivity contribution in [1.82, 2.24) is 14.4 Å². The number of nitrogens with zero attached hydrogens (tertiary/aromatic N) is 3. The lowest BCUT2D eigenvalue weighted by atomic mass is 10.1. The number of aliphatic hydroxyl groups is 1. The zero-order valence-corrected chi connectivity index (χ0v) is 8.75. The van der Waals surface area contributed by atoms with E-state index >= 15 is 0 Å². The largest absolute Gasteiger partial charge is 0.385 e. The van der Waals surface area contributed by atoms with Crippen LogP contribution < -0.4 is 5.73 Å². The summed E-state index contributed by atoms with van der Waals surface area (Å²) in [5, 5.41) is 9.96. The van der Waals surface area contributed by atoms with Gasteiger partial charge in [0.15, 0.2) is 5.65 Å². The van der Waals surface area contributed by atoms with Crippen LogP contribution in [-0.4, -0.2) is 25.5 Å². The van der Waals surface area contributed by atoms with Crippen molar-refractivity contribution >= 4 is 5.65 Å². The van der Waals surface area contributed by atoms with Crippen LogP contribution in [0, 0.1) is 6.92 Å². The third-order valence-electron chi connectivity index (χ3n) is 2.43. The van der Waals surface area contributed by atoms with E-state index in [9.17, 15) is 5.11 Å². The van der Waals surface area contributed by atoms with E-state index in [2.05, 4.69) is 9.97 Å². The lowest BCUT2D eigenvalue weighted by molar-refractivity contribution is 0.147. The third kappa shape index (κ3) is 1.60. The molecule has 2 atom stereocenters. The van der Waals surface area contributed by atoms with Crippen molar-refractivity contribution in [2.75, 3.05) is 0 Å². The molecule has 0 aliphatic carbocycles. The highest BCUT2D eigenvalue weighted by Gasteiger charge is 2.20. The fourth-order valence-corrected chi connectivity index (χ4v) is 1.65. The van der Waals surface area contributed by atoms with Crippen LogP contribution in [0.1, 0.15) is 24.4 Å². The number of hydrogen-bond donors (Lipinski definition) is 2. The zero-order chi connectivity index (χ0) is 11.0. The quantitative estimate of drug-likeness (QED) is 0.746. The van der Waals surface area contributed by atoms with Gasteiger partial charge in [-0.3, -0.25) is 9.38 Å². The second-order valence-corrected chi connectivity index (χ2v) is 3.69. The Morgan fingerprint density at radius 3 is 2.93 bits per heavy atom. The van der Waals surface area contributed by atoms with Crippen molar-refractivity contribution < 1.29 is 5.11 Å². The fourth-order valence-electron chi connectivity index (χ4n) is 1.65. The molecule has 0 radical (unpaired) electrons. The monoisotopic (exact) mass is 206 g/mol. The minimum atomic E-state index is -0.706. The highest BCUT2D eigenvalue weighted by atomic mass is 16.3. The molecular weight excluding hydrogens is 192 g/mol. The summed E-state index contributed by atoms with van der Waals surface area (Å²) < 4.78 is 1.82. The van der Waals surface area contributed by atoms with Crippen LogP contribution in [0.2, 0.25) is 0 Å². The minimum absolute atomic E-state index is 0.322. The number of hydrogen-bond acceptors (Lipinski definition) is 4. The molecule has 2 rings (SSSR count). The fraction of sp³-hybridized carbons (Fsp3) is 0.400. The lowest BCUT2D eigenvalue weighted by Crippen LogP contribution is -2.26. The molecule has 0 aromatic carbocycles. The Balaban J connectivity index is 2.63. The summed E-state index contributed by atoms with van der Waals surface area (Å²) in [6.45, 7) is 3.62. The topological polar surface area (TPSA) is 76.4 Å². The van der Waals surface area contributed by atoms with Gasteiger partial charge in [-0.25, -0.2) is 4.98 Å². The standard InChI is InChI=1S/C10H14N4O/c1-6(11)10(15)9-7(2)13-8-5-12-3-4-14(8)9/h3-6,10,15H,11H2,1-2H3. The molecule has 0 aliphatic rings. The third-order valence-corrected chi connectivity index (χ3v) is 2.43. The molecule has 2 aromatic rings. The van der Waals surface area contributed by atoms with Gasteiger partial charge in [0.1, 0.15) is 6.10 Å². The van der Waals surface area contributed by atoms with E-state index in [0.717, 1.165) is 17.0 Å². The van der Waals surface area contributed by atoms with E-state index in [1.54, 1.807) is 25.5 Å². The normalized spacial score (nSPS) is 15.5. The number of nitrogens with two attached hydrogens (primary N) is 1. The summed E-state index contributed by atoms with van der Waals surface area (Å²) in [6.07, 6.45) is 4.38. The van der Waals surface area contributed by atoms with E-state index in [1.165, 1.54) is 0 Å². The number of rotatable bonds is 2. The first-order chi connectivity index (χ1) is 7.11. The Hall–Kier alpha value is -1.46. The maximum Gasteiger partial charge on any atom is 0.155 e. The predicted octanol–water partition coefficient (Wildman–Crippen LogP) is 0.418. The maximum atomic E-state index is 9.96. The van der Waals surface area contributed by atoms with Gasteiger partial charge in [-0.05, 0) is 13.8 Å². The number of imidazole rings is 1. The van der Waals surface area contributed by atoms with Gasteiger partial charge in [-0.15, -0.1) is 0 Å². The maximum absolute atomic E-state index is 9.96. The SMILES string of the molecule is Cc1nc2cnccn2c1C(O)C(C)N. The Morgan fingerprint density at radius 1 is 1.53 bits per heavy atom. The van der Waals surface area contributed by atoms with Crippen molar-refractivity contribution in [3.8, 4) is 0 Å². The summed E-state index contributed by atoms with van der Waals surface area (Å²) in [5.74, 6) is 0. The zero-order valence-electron chi connectivity index (χ0n) is 8.75. The Morgan fingerprint density at radius 2 is 2.27 bits per heavy atom. The highest BCUT2D eigenvalue weighted by Crippen LogP contribution is 2.20. The van der Waals surface area contributed by atoms with Gasteiger partial charge in [0.25, 0.3) is 0 Å². The van der Waals surface area contributed by atoms with Gasteiger partial charge < -0.3 is 10.8 Å². The first-order valence-corrected chi connectivity index (χ1v) is 4.83. The molecule has 2 unspecified atom stereocenters. The highest BCUT2D eigenvalue weighted by molar-refractivity contribution is 5.41. The molecule has 0 spiro atoms. The van der Waals surface area contributed by atoms with Crippen molar-refractivity contribution in [1.29, 1.82) is 0 Å². The summed E-state index contributed by atoms with van der Waals surface area (Å²) >= 11 is 0. The van der Waals surface area contributed by atoms with Crippen LogP contribution in [0.25, 0.3) is 5.65 Å². The summed E-state index contributed by atoms with van der Waals surface area (Å²) in [5.41, 5.74) is 7.93. The van der Waals surface area contributed by atoms with E-state index in [-0.39, 0.29) is 6.04 Å². The van der Waals surface area contributed by atoms with Crippen LogP contribution in [0.3, 0.4) is 0 Å². The molecule has 3 N–H and O–H groups in total. The molecule has 0 saturated heterocycles. The molecule has 2 aromatic heterocycles. The molecule has 5 nitrogen and oxygen atoms in total. The van der Waals surface area contributed by atoms with Crippen molar-refractivity contribution in [3.05, 3.63) is 30.0 Å². The molecule has 2 heterocycles. The molecule has 0 fully saturated rings. The smallest absolute Gasteiger partial charge is 0.155 e. The van der Waals surface area contributed by atoms with Gasteiger partial charge in [-0.2, -0.15) is 0 Å². The molecule has 80 valence electrons. The average Bonchev–Trinajstić information content (AvgIpc) is 2.52. The van der Waals surface area contributed by atoms with Gasteiger partial charge in [0.05, 0.1) is 17.6 Å². The minimum Gasteiger partial charge on any atom is -0.385 e. The van der Waals surface area contributed by atoms with Crippen LogP contribution in [-0.2, 0) is 0 Å². The van der Waals surface area contributed by atoms with Crippen LogP contribution in [0.5, 0.6) is 0 Å². The van der Waals surface area contributed by atoms with E-state index < -0.39 is 6.10 Å². The van der Waals surface area contributed by atoms with Gasteiger partial charge in [-0.1, -0.05) is 0 Å². The average molecular weight is 206 g/mol. The van der Waals surface area contributed by atoms with Crippen molar-refractivity contribution in [2.45, 2.75) is 26.0 Å². The van der Waals surface area contributed by atoms with Crippen LogP contribution in [0.15, 0.2) is 18.6 Å². The van der Waals surface area contributed by atoms with Gasteiger partial charge in [0.2, 0.25) is 0 Å². The van der Waals surface area contributed by atoms with Crippen LogP contribution >= 0.6 is 0 Å².